The maximum atomic E-state index is 6.49. The van der Waals surface area contributed by atoms with Gasteiger partial charge in [0.15, 0.2) is 0 Å². The Labute approximate surface area is 297 Å². The molecule has 0 spiro atoms. The molecule has 0 radical (unpaired) electrons. The molecule has 3 aromatic heterocycles. The molecule has 0 aliphatic carbocycles. The van der Waals surface area contributed by atoms with E-state index in [-0.39, 0.29) is 0 Å². The first-order valence-electron chi connectivity index (χ1n) is 17.3. The van der Waals surface area contributed by atoms with Gasteiger partial charge in [-0.2, -0.15) is 0 Å². The van der Waals surface area contributed by atoms with Gasteiger partial charge < -0.3 is 19.1 Å². The van der Waals surface area contributed by atoms with Gasteiger partial charge >= 0.3 is 0 Å². The zero-order valence-corrected chi connectivity index (χ0v) is 27.7. The summed E-state index contributed by atoms with van der Waals surface area (Å²) >= 11 is 0. The lowest BCUT2D eigenvalue weighted by Gasteiger charge is -2.34. The molecule has 0 bridgehead atoms. The van der Waals surface area contributed by atoms with Crippen molar-refractivity contribution in [2.24, 2.45) is 9.98 Å². The SMILES string of the molecule is c1ccc(C2=NC(c3cccc4oc5ccccc5c34)[N-]C(c3c(-c4nccc5oc6cc7ccccc7cc6c45)ccc4ccccc34)=N2)cc1. The molecule has 1 atom stereocenters. The summed E-state index contributed by atoms with van der Waals surface area (Å²) in [7, 11) is 0. The van der Waals surface area contributed by atoms with Crippen LogP contribution in [-0.4, -0.2) is 16.7 Å². The lowest BCUT2D eigenvalue weighted by atomic mass is 9.93. The molecule has 6 heteroatoms. The van der Waals surface area contributed by atoms with Gasteiger partial charge in [-0.1, -0.05) is 127 Å². The molecule has 6 nitrogen and oxygen atoms in total. The van der Waals surface area contributed by atoms with Crippen molar-refractivity contribution in [3.63, 3.8) is 0 Å². The Hall–Kier alpha value is -7.05. The van der Waals surface area contributed by atoms with Crippen molar-refractivity contribution >= 4 is 77.1 Å². The van der Waals surface area contributed by atoms with Crippen LogP contribution in [0.15, 0.2) is 177 Å². The predicted molar refractivity (Wildman–Crippen MR) is 211 cm³/mol. The van der Waals surface area contributed by atoms with E-state index < -0.39 is 6.17 Å². The molecule has 244 valence electrons. The van der Waals surface area contributed by atoms with Gasteiger partial charge in [0.1, 0.15) is 22.3 Å². The van der Waals surface area contributed by atoms with Crippen LogP contribution in [-0.2, 0) is 0 Å². The van der Waals surface area contributed by atoms with Gasteiger partial charge in [0.05, 0.1) is 23.1 Å². The van der Waals surface area contributed by atoms with E-state index in [2.05, 4.69) is 84.9 Å². The number of hydrogen-bond acceptors (Lipinski definition) is 5. The van der Waals surface area contributed by atoms with Crippen molar-refractivity contribution in [2.45, 2.75) is 6.17 Å². The second-order valence-corrected chi connectivity index (χ2v) is 13.1. The van der Waals surface area contributed by atoms with Gasteiger partial charge in [0.2, 0.25) is 0 Å². The second kappa shape index (κ2) is 11.2. The minimum atomic E-state index is -0.580. The Bertz CT molecular complexity index is 3120. The molecule has 11 rings (SSSR count). The fourth-order valence-electron chi connectivity index (χ4n) is 7.74. The monoisotopic (exact) mass is 667 g/mol. The fourth-order valence-corrected chi connectivity index (χ4v) is 7.74. The number of aromatic nitrogens is 1. The van der Waals surface area contributed by atoms with E-state index >= 15 is 0 Å². The number of fused-ring (bicyclic) bond motifs is 8. The molecule has 0 fully saturated rings. The molecule has 0 saturated heterocycles. The number of para-hydroxylation sites is 1. The normalized spacial score (nSPS) is 14.7. The molecule has 1 aliphatic heterocycles. The van der Waals surface area contributed by atoms with Gasteiger partial charge in [-0.05, 0) is 68.6 Å². The van der Waals surface area contributed by atoms with E-state index in [1.165, 1.54) is 0 Å². The third-order valence-electron chi connectivity index (χ3n) is 10.1. The van der Waals surface area contributed by atoms with Crippen LogP contribution in [0.25, 0.3) is 82.0 Å². The Morgan fingerprint density at radius 3 is 2.12 bits per heavy atom. The van der Waals surface area contributed by atoms with Crippen LogP contribution in [0.1, 0.15) is 22.9 Å². The summed E-state index contributed by atoms with van der Waals surface area (Å²) < 4.78 is 12.8. The van der Waals surface area contributed by atoms with Crippen molar-refractivity contribution in [1.82, 2.24) is 4.98 Å². The average Bonchev–Trinajstić information content (AvgIpc) is 3.77. The number of furan rings is 2. The maximum absolute atomic E-state index is 6.49. The molecule has 4 heterocycles. The first-order valence-corrected chi connectivity index (χ1v) is 17.3. The van der Waals surface area contributed by atoms with Crippen LogP contribution in [0.4, 0.5) is 0 Å². The fraction of sp³-hybridized carbons (Fsp3) is 0.0217. The molecular formula is C46H27N4O2-. The highest BCUT2D eigenvalue weighted by Crippen LogP contribution is 2.44. The Balaban J connectivity index is 1.18. The predicted octanol–water partition coefficient (Wildman–Crippen LogP) is 12.1. The van der Waals surface area contributed by atoms with E-state index in [9.17, 15) is 0 Å². The van der Waals surface area contributed by atoms with Crippen molar-refractivity contribution in [3.8, 4) is 11.3 Å². The molecule has 1 aliphatic rings. The summed E-state index contributed by atoms with van der Waals surface area (Å²) in [6.45, 7) is 0. The van der Waals surface area contributed by atoms with E-state index in [0.29, 0.717) is 11.7 Å². The number of benzene rings is 7. The van der Waals surface area contributed by atoms with Crippen molar-refractivity contribution in [1.29, 1.82) is 0 Å². The summed E-state index contributed by atoms with van der Waals surface area (Å²) in [4.78, 5) is 15.5. The Morgan fingerprint density at radius 2 is 1.23 bits per heavy atom. The largest absolute Gasteiger partial charge is 0.456 e. The molecule has 1 unspecified atom stereocenters. The zero-order valence-electron chi connectivity index (χ0n) is 27.7. The zero-order chi connectivity index (χ0) is 34.2. The number of nitrogens with zero attached hydrogens (tertiary/aromatic N) is 4. The smallest absolute Gasteiger partial charge is 0.139 e. The van der Waals surface area contributed by atoms with E-state index in [0.717, 1.165) is 93.4 Å². The lowest BCUT2D eigenvalue weighted by Crippen LogP contribution is -2.17. The third kappa shape index (κ3) is 4.41. The number of aliphatic imine (C=N–C) groups is 2. The van der Waals surface area contributed by atoms with Gasteiger partial charge in [-0.15, -0.1) is 0 Å². The number of amidine groups is 2. The minimum absolute atomic E-state index is 0.580. The van der Waals surface area contributed by atoms with Crippen LogP contribution in [0.2, 0.25) is 0 Å². The van der Waals surface area contributed by atoms with E-state index in [4.69, 9.17) is 29.1 Å². The minimum Gasteiger partial charge on any atom is -0.456 e. The number of rotatable bonds is 4. The van der Waals surface area contributed by atoms with Crippen molar-refractivity contribution in [2.75, 3.05) is 0 Å². The topological polar surface area (TPSA) is 78.0 Å². The molecule has 0 amide bonds. The summed E-state index contributed by atoms with van der Waals surface area (Å²) in [5.41, 5.74) is 7.73. The van der Waals surface area contributed by atoms with Crippen LogP contribution in [0, 0.1) is 0 Å². The molecule has 0 N–H and O–H groups in total. The van der Waals surface area contributed by atoms with E-state index in [1.54, 1.807) is 0 Å². The highest BCUT2D eigenvalue weighted by molar-refractivity contribution is 6.27. The Kier molecular flexibility index (Phi) is 6.21. The average molecular weight is 668 g/mol. The second-order valence-electron chi connectivity index (χ2n) is 13.1. The third-order valence-corrected chi connectivity index (χ3v) is 10.1. The van der Waals surface area contributed by atoms with Gasteiger partial charge in [0.25, 0.3) is 0 Å². The lowest BCUT2D eigenvalue weighted by molar-refractivity contribution is 0.668. The number of pyridine rings is 1. The standard InChI is InChI=1S/C46H27N4O2/c1-2-12-28(13-3-1)44-48-45(34-18-10-20-37-40(34)32-17-8-9-19-36(32)51-37)50-46(49-44)41-31-16-7-6-11-27(31)21-22-33(41)43-42-35-25-29-14-4-5-15-30(29)26-39(35)52-38(42)23-24-47-43/h1-26,45H/q-1. The van der Waals surface area contributed by atoms with Crippen molar-refractivity contribution < 1.29 is 8.83 Å². The summed E-state index contributed by atoms with van der Waals surface area (Å²) in [5, 5.41) is 13.8. The van der Waals surface area contributed by atoms with Gasteiger partial charge in [-0.3, -0.25) is 9.98 Å². The first kappa shape index (κ1) is 28.8. The molecule has 0 saturated carbocycles. The summed E-state index contributed by atoms with van der Waals surface area (Å²) in [6.07, 6.45) is 1.24. The maximum Gasteiger partial charge on any atom is 0.139 e. The van der Waals surface area contributed by atoms with E-state index in [1.807, 2.05) is 72.9 Å². The van der Waals surface area contributed by atoms with Gasteiger partial charge in [-0.25, -0.2) is 0 Å². The quantitative estimate of drug-likeness (QED) is 0.187. The molecule has 7 aromatic carbocycles. The summed E-state index contributed by atoms with van der Waals surface area (Å²) in [5.74, 6) is 1.21. The van der Waals surface area contributed by atoms with Crippen LogP contribution < -0.4 is 0 Å². The molecular weight excluding hydrogens is 641 g/mol. The van der Waals surface area contributed by atoms with Crippen molar-refractivity contribution in [3.05, 3.63) is 180 Å². The summed E-state index contributed by atoms with van der Waals surface area (Å²) in [6, 6.07) is 51.7. The number of hydrogen-bond donors (Lipinski definition) is 0. The molecule has 52 heavy (non-hydrogen) atoms. The van der Waals surface area contributed by atoms with Crippen LogP contribution in [0.3, 0.4) is 0 Å². The highest BCUT2D eigenvalue weighted by Gasteiger charge is 2.23. The highest BCUT2D eigenvalue weighted by atomic mass is 16.3. The Morgan fingerprint density at radius 1 is 0.519 bits per heavy atom. The van der Waals surface area contributed by atoms with Crippen LogP contribution >= 0.6 is 0 Å². The van der Waals surface area contributed by atoms with Crippen LogP contribution in [0.5, 0.6) is 0 Å². The van der Waals surface area contributed by atoms with Gasteiger partial charge in [0, 0.05) is 27.9 Å². The first-order chi connectivity index (χ1) is 25.8. The molecule has 10 aromatic rings.